The van der Waals surface area contributed by atoms with Gasteiger partial charge in [-0.2, -0.15) is 15.3 Å². The molecule has 0 aliphatic carbocycles. The molecular formula is C63H72Cl3N15O9S3. The Morgan fingerprint density at radius 3 is 1.35 bits per heavy atom. The number of carbonyl (C=O) groups excluding carboxylic acids is 3. The van der Waals surface area contributed by atoms with Gasteiger partial charge in [-0.25, -0.2) is 58.7 Å². The molecule has 9 rings (SSSR count). The number of halogens is 3. The van der Waals surface area contributed by atoms with Gasteiger partial charge in [-0.05, 0) is 161 Å². The van der Waals surface area contributed by atoms with Crippen LogP contribution >= 0.6 is 34.8 Å². The van der Waals surface area contributed by atoms with Crippen LogP contribution in [0.3, 0.4) is 0 Å². The van der Waals surface area contributed by atoms with Gasteiger partial charge in [0.15, 0.2) is 19.9 Å². The normalized spacial score (nSPS) is 12.5. The van der Waals surface area contributed by atoms with Gasteiger partial charge in [0.1, 0.15) is 4.90 Å². The maximum Gasteiger partial charge on any atom is 0.257 e. The van der Waals surface area contributed by atoms with Crippen LogP contribution in [0.5, 0.6) is 0 Å². The Hall–Kier alpha value is -8.25. The molecule has 6 aromatic heterocycles. The SMILES string of the molecule is CCCC(NC(=O)c1cnn(-c2ccc(Cl)cc2)c1C)c1ccnc(S(=O)(=O)NC)c1.CCCC(NC(=O)c1cnn(-c2ccc(Cl)cc2)c1C)c1cncc(S(=O)(=O)NC)c1.CCCC(NC(=O)c1cnn(-c2ccc(Cl)cc2)c1CN)c1ccc(S(C)(=O)=O)nc1. The summed E-state index contributed by atoms with van der Waals surface area (Å²) < 4.78 is 81.2. The van der Waals surface area contributed by atoms with Crippen molar-refractivity contribution in [1.29, 1.82) is 0 Å². The van der Waals surface area contributed by atoms with Gasteiger partial charge in [0.05, 0.1) is 87.6 Å². The number of hydrogen-bond donors (Lipinski definition) is 6. The summed E-state index contributed by atoms with van der Waals surface area (Å²) in [4.78, 5) is 51.2. The van der Waals surface area contributed by atoms with E-state index in [1.165, 1.54) is 69.5 Å². The maximum absolute atomic E-state index is 13.1. The Bertz CT molecular complexity index is 4210. The van der Waals surface area contributed by atoms with Crippen molar-refractivity contribution in [3.63, 3.8) is 0 Å². The van der Waals surface area contributed by atoms with E-state index < -0.39 is 35.9 Å². The molecular weight excluding hydrogens is 1310 g/mol. The minimum atomic E-state index is -3.68. The first-order valence-electron chi connectivity index (χ1n) is 29.3. The molecule has 0 saturated carbocycles. The summed E-state index contributed by atoms with van der Waals surface area (Å²) in [5, 5.41) is 23.7. The average Bonchev–Trinajstić information content (AvgIpc) is 1.75. The number of benzene rings is 3. The number of amides is 3. The molecule has 93 heavy (non-hydrogen) atoms. The van der Waals surface area contributed by atoms with Gasteiger partial charge >= 0.3 is 0 Å². The van der Waals surface area contributed by atoms with Crippen LogP contribution in [-0.2, 0) is 36.4 Å². The zero-order valence-electron chi connectivity index (χ0n) is 52.2. The van der Waals surface area contributed by atoms with Crippen LogP contribution in [0.1, 0.15) is 142 Å². The lowest BCUT2D eigenvalue weighted by Crippen LogP contribution is -2.29. The molecule has 3 amide bonds. The summed E-state index contributed by atoms with van der Waals surface area (Å²) in [6, 6.07) is 28.1. The minimum absolute atomic E-state index is 0.00696. The lowest BCUT2D eigenvalue weighted by atomic mass is 10.0. The van der Waals surface area contributed by atoms with E-state index in [4.69, 9.17) is 40.5 Å². The zero-order valence-corrected chi connectivity index (χ0v) is 56.9. The molecule has 3 unspecified atom stereocenters. The smallest absolute Gasteiger partial charge is 0.257 e. The molecule has 7 N–H and O–H groups in total. The fraction of sp³-hybridized carbons (Fsp3) is 0.286. The molecule has 0 fully saturated rings. The monoisotopic (exact) mass is 1380 g/mol. The molecule has 0 radical (unpaired) electrons. The minimum Gasteiger partial charge on any atom is -0.345 e. The quantitative estimate of drug-likeness (QED) is 0.0328. The van der Waals surface area contributed by atoms with Crippen LogP contribution in [-0.4, -0.2) is 108 Å². The summed E-state index contributed by atoms with van der Waals surface area (Å²) in [7, 11) is -8.04. The van der Waals surface area contributed by atoms with Crippen molar-refractivity contribution in [3.05, 3.63) is 212 Å². The lowest BCUT2D eigenvalue weighted by molar-refractivity contribution is 0.0925. The zero-order chi connectivity index (χ0) is 67.8. The average molecular weight is 1390 g/mol. The number of carbonyl (C=O) groups is 3. The summed E-state index contributed by atoms with van der Waals surface area (Å²) in [5.74, 6) is -0.893. The Labute approximate surface area is 556 Å². The van der Waals surface area contributed by atoms with E-state index >= 15 is 0 Å². The van der Waals surface area contributed by atoms with Crippen molar-refractivity contribution in [2.45, 2.75) is 113 Å². The van der Waals surface area contributed by atoms with E-state index in [9.17, 15) is 39.6 Å². The molecule has 24 nitrogen and oxygen atoms in total. The predicted octanol–water partition coefficient (Wildman–Crippen LogP) is 9.87. The van der Waals surface area contributed by atoms with Gasteiger partial charge in [0.2, 0.25) is 10.0 Å². The number of nitrogens with zero attached hydrogens (tertiary/aromatic N) is 9. The highest BCUT2D eigenvalue weighted by molar-refractivity contribution is 7.90. The number of rotatable bonds is 24. The van der Waals surface area contributed by atoms with E-state index in [1.54, 1.807) is 80.9 Å². The molecule has 0 spiro atoms. The fourth-order valence-corrected chi connectivity index (χ4v) is 12.0. The van der Waals surface area contributed by atoms with Crippen LogP contribution in [0.25, 0.3) is 17.1 Å². The van der Waals surface area contributed by atoms with Crippen LogP contribution in [0, 0.1) is 13.8 Å². The van der Waals surface area contributed by atoms with E-state index in [-0.39, 0.29) is 51.3 Å². The van der Waals surface area contributed by atoms with Gasteiger partial charge in [-0.15, -0.1) is 0 Å². The van der Waals surface area contributed by atoms with E-state index in [0.29, 0.717) is 79.2 Å². The molecule has 0 bridgehead atoms. The molecule has 30 heteroatoms. The van der Waals surface area contributed by atoms with E-state index in [2.05, 4.69) is 55.6 Å². The third-order valence-corrected chi connectivity index (χ3v) is 19.1. The Balaban J connectivity index is 0.000000198. The highest BCUT2D eigenvalue weighted by atomic mass is 35.5. The number of nitrogens with two attached hydrogens (primary N) is 1. The van der Waals surface area contributed by atoms with Gasteiger partial charge in [0, 0.05) is 52.7 Å². The van der Waals surface area contributed by atoms with Gasteiger partial charge in [-0.1, -0.05) is 80.9 Å². The Kier molecular flexibility index (Phi) is 25.3. The lowest BCUT2D eigenvalue weighted by Gasteiger charge is -2.19. The summed E-state index contributed by atoms with van der Waals surface area (Å²) in [6.45, 7) is 9.73. The largest absolute Gasteiger partial charge is 0.345 e. The standard InChI is InChI=1S/3C21H24ClN5O3S/c1-4-5-20(15-10-18(12-24-11-15)31(29,30)23-3)26-21(28)19-13-25-27(14(19)2)17-8-6-16(22)7-9-17;1-4-5-19(15-10-11-24-20(12-15)31(29,30)23-3)26-21(28)18-13-25-27(14(18)2)17-8-6-16(22)7-9-17;1-3-4-18(14-5-10-20(24-12-14)31(2,29)30)26-21(28)17-13-25-27(19(17)11-23)16-8-6-15(22)7-9-16/h6-13,20,23H,4-5H2,1-3H3,(H,26,28);6-13,19,23H,4-5H2,1-3H3,(H,26,28);5-10,12-13,18H,3-4,11,23H2,1-2H3,(H,26,28). The molecule has 0 aliphatic rings. The molecule has 9 aromatic rings. The second kappa shape index (κ2) is 32.5. The van der Waals surface area contributed by atoms with Crippen molar-refractivity contribution in [3.8, 4) is 17.1 Å². The predicted molar refractivity (Wildman–Crippen MR) is 357 cm³/mol. The first-order valence-corrected chi connectivity index (χ1v) is 35.3. The summed E-state index contributed by atoms with van der Waals surface area (Å²) in [5.41, 5.74) is 13.4. The topological polar surface area (TPSA) is 332 Å². The number of aromatic nitrogens is 9. The number of sulfonamides is 2. The molecule has 3 atom stereocenters. The second-order valence-corrected chi connectivity index (χ2v) is 28.1. The molecule has 3 aromatic carbocycles. The molecule has 492 valence electrons. The third-order valence-electron chi connectivity index (χ3n) is 14.6. The number of nitrogens with one attached hydrogen (secondary N) is 5. The summed E-state index contributed by atoms with van der Waals surface area (Å²) in [6.07, 6.45) is 15.7. The fourth-order valence-electron chi connectivity index (χ4n) is 9.66. The van der Waals surface area contributed by atoms with Crippen molar-refractivity contribution in [2.75, 3.05) is 20.4 Å². The van der Waals surface area contributed by atoms with Crippen LogP contribution in [0.2, 0.25) is 15.1 Å². The number of sulfone groups is 1. The van der Waals surface area contributed by atoms with E-state index in [1.807, 2.05) is 58.9 Å². The highest BCUT2D eigenvalue weighted by Crippen LogP contribution is 2.27. The van der Waals surface area contributed by atoms with Crippen molar-refractivity contribution < 1.29 is 39.6 Å². The van der Waals surface area contributed by atoms with Crippen molar-refractivity contribution in [2.24, 2.45) is 5.73 Å². The maximum atomic E-state index is 13.1. The van der Waals surface area contributed by atoms with Crippen LogP contribution in [0.15, 0.2) is 161 Å². The Morgan fingerprint density at radius 1 is 0.495 bits per heavy atom. The van der Waals surface area contributed by atoms with Crippen LogP contribution in [0.4, 0.5) is 0 Å². The first kappa shape index (κ1) is 72.2. The molecule has 0 aliphatic heterocycles. The Morgan fingerprint density at radius 2 is 0.925 bits per heavy atom. The van der Waals surface area contributed by atoms with Gasteiger partial charge in [-0.3, -0.25) is 19.4 Å². The van der Waals surface area contributed by atoms with Gasteiger partial charge < -0.3 is 21.7 Å². The first-order chi connectivity index (χ1) is 44.3. The van der Waals surface area contributed by atoms with Crippen molar-refractivity contribution in [1.82, 2.24) is 69.7 Å². The third kappa shape index (κ3) is 18.5. The number of pyridine rings is 3. The second-order valence-electron chi connectivity index (χ2n) is 21.1. The molecule has 0 saturated heterocycles. The molecule has 6 heterocycles. The van der Waals surface area contributed by atoms with E-state index in [0.717, 1.165) is 48.1 Å². The highest BCUT2D eigenvalue weighted by Gasteiger charge is 2.26. The summed E-state index contributed by atoms with van der Waals surface area (Å²) >= 11 is 17.8. The van der Waals surface area contributed by atoms with Gasteiger partial charge in [0.25, 0.3) is 27.7 Å². The number of hydrogen-bond acceptors (Lipinski definition) is 16. The van der Waals surface area contributed by atoms with Crippen LogP contribution < -0.4 is 31.1 Å². The van der Waals surface area contributed by atoms with Crippen molar-refractivity contribution >= 4 is 82.4 Å².